The van der Waals surface area contributed by atoms with E-state index in [0.29, 0.717) is 23.4 Å². The summed E-state index contributed by atoms with van der Waals surface area (Å²) in [5.41, 5.74) is 5.49. The van der Waals surface area contributed by atoms with Gasteiger partial charge >= 0.3 is 6.03 Å². The normalized spacial score (nSPS) is 17.2. The third-order valence-electron chi connectivity index (χ3n) is 3.83. The number of carbonyl (C=O) groups excluding carboxylic acids is 2. The molecule has 122 valence electrons. The zero-order chi connectivity index (χ0) is 16.1. The lowest BCUT2D eigenvalue weighted by atomic mass is 9.84. The number of carbonyl (C=O) groups is 2. The number of nitrogens with one attached hydrogen (secondary N) is 2. The maximum absolute atomic E-state index is 13.2. The summed E-state index contributed by atoms with van der Waals surface area (Å²) in [6.07, 6.45) is 1.72. The Labute approximate surface area is 131 Å². The third-order valence-corrected chi connectivity index (χ3v) is 4.77. The van der Waals surface area contributed by atoms with Gasteiger partial charge < -0.3 is 16.4 Å². The third kappa shape index (κ3) is 4.40. The molecule has 0 aliphatic heterocycles. The highest BCUT2D eigenvalue weighted by atomic mass is 32.1. The van der Waals surface area contributed by atoms with Gasteiger partial charge in [-0.05, 0) is 24.8 Å². The van der Waals surface area contributed by atoms with E-state index in [1.165, 1.54) is 11.4 Å². The van der Waals surface area contributed by atoms with Crippen LogP contribution in [-0.2, 0) is 0 Å². The number of thiophene rings is 1. The van der Waals surface area contributed by atoms with Crippen LogP contribution in [0.15, 0.2) is 11.4 Å². The van der Waals surface area contributed by atoms with Crippen molar-refractivity contribution in [2.24, 2.45) is 11.7 Å². The van der Waals surface area contributed by atoms with E-state index in [1.54, 1.807) is 0 Å². The smallest absolute Gasteiger partial charge is 0.319 e. The molecule has 1 aliphatic rings. The van der Waals surface area contributed by atoms with E-state index in [9.17, 15) is 18.4 Å². The van der Waals surface area contributed by atoms with E-state index in [0.717, 1.165) is 30.6 Å². The molecule has 1 unspecified atom stereocenters. The van der Waals surface area contributed by atoms with Gasteiger partial charge in [-0.25, -0.2) is 13.6 Å². The van der Waals surface area contributed by atoms with Gasteiger partial charge in [-0.15, -0.1) is 11.3 Å². The number of halogens is 2. The van der Waals surface area contributed by atoms with Gasteiger partial charge in [-0.3, -0.25) is 4.79 Å². The first kappa shape index (κ1) is 16.7. The largest absolute Gasteiger partial charge is 0.365 e. The molecule has 0 spiro atoms. The molecule has 22 heavy (non-hydrogen) atoms. The SMILES string of the molecule is NC(=O)c1cc(NC(=O)NC(C(F)F)C2CCCCC2)cs1. The standard InChI is InChI=1S/C14H19F2N3O2S/c15-12(16)11(8-4-2-1-3-5-8)19-14(21)18-9-6-10(13(17)20)22-7-9/h6-8,11-12H,1-5H2,(H2,17,20)(H2,18,19,21). The predicted octanol–water partition coefficient (Wildman–Crippen LogP) is 3.18. The van der Waals surface area contributed by atoms with Crippen molar-refractivity contribution in [3.05, 3.63) is 16.3 Å². The van der Waals surface area contributed by atoms with Crippen LogP contribution in [0, 0.1) is 5.92 Å². The highest BCUT2D eigenvalue weighted by molar-refractivity contribution is 7.12. The van der Waals surface area contributed by atoms with Crippen molar-refractivity contribution >= 4 is 29.0 Å². The zero-order valence-corrected chi connectivity index (χ0v) is 12.8. The number of hydrogen-bond acceptors (Lipinski definition) is 3. The summed E-state index contributed by atoms with van der Waals surface area (Å²) in [4.78, 5) is 23.2. The lowest BCUT2D eigenvalue weighted by Gasteiger charge is -2.30. The van der Waals surface area contributed by atoms with Gasteiger partial charge in [0.25, 0.3) is 12.3 Å². The van der Waals surface area contributed by atoms with E-state index >= 15 is 0 Å². The summed E-state index contributed by atoms with van der Waals surface area (Å²) in [6, 6.07) is -0.413. The van der Waals surface area contributed by atoms with Crippen LogP contribution in [0.2, 0.25) is 0 Å². The van der Waals surface area contributed by atoms with Gasteiger partial charge in [0.1, 0.15) is 0 Å². The zero-order valence-electron chi connectivity index (χ0n) is 12.0. The van der Waals surface area contributed by atoms with Crippen LogP contribution in [0.25, 0.3) is 0 Å². The number of nitrogens with two attached hydrogens (primary N) is 1. The van der Waals surface area contributed by atoms with E-state index < -0.39 is 24.4 Å². The van der Waals surface area contributed by atoms with Gasteiger partial charge in [-0.2, -0.15) is 0 Å². The molecule has 1 aromatic heterocycles. The number of alkyl halides is 2. The van der Waals surface area contributed by atoms with E-state index in [2.05, 4.69) is 10.6 Å². The van der Waals surface area contributed by atoms with Gasteiger partial charge in [0.15, 0.2) is 0 Å². The number of anilines is 1. The van der Waals surface area contributed by atoms with Gasteiger partial charge in [0.2, 0.25) is 0 Å². The number of hydrogen-bond donors (Lipinski definition) is 3. The Bertz CT molecular complexity index is 530. The summed E-state index contributed by atoms with van der Waals surface area (Å²) in [5, 5.41) is 6.36. The Morgan fingerprint density at radius 3 is 2.50 bits per heavy atom. The van der Waals surface area contributed by atoms with Crippen LogP contribution in [-0.4, -0.2) is 24.4 Å². The molecule has 5 nitrogen and oxygen atoms in total. The average molecular weight is 331 g/mol. The number of amides is 3. The van der Waals surface area contributed by atoms with Crippen molar-refractivity contribution in [1.82, 2.24) is 5.32 Å². The first-order valence-electron chi connectivity index (χ1n) is 7.21. The second-order valence-corrected chi connectivity index (χ2v) is 6.33. The molecule has 1 atom stereocenters. The van der Waals surface area contributed by atoms with Crippen LogP contribution in [0.1, 0.15) is 41.8 Å². The van der Waals surface area contributed by atoms with Crippen LogP contribution in [0.3, 0.4) is 0 Å². The minimum absolute atomic E-state index is 0.192. The lowest BCUT2D eigenvalue weighted by molar-refractivity contribution is 0.0634. The topological polar surface area (TPSA) is 84.2 Å². The molecule has 1 aromatic rings. The Kier molecular flexibility index (Phi) is 5.70. The molecule has 0 radical (unpaired) electrons. The summed E-state index contributed by atoms with van der Waals surface area (Å²) >= 11 is 1.09. The summed E-state index contributed by atoms with van der Waals surface area (Å²) in [6.45, 7) is 0. The van der Waals surface area contributed by atoms with Crippen molar-refractivity contribution in [3.63, 3.8) is 0 Å². The van der Waals surface area contributed by atoms with Crippen molar-refractivity contribution < 1.29 is 18.4 Å². The summed E-state index contributed by atoms with van der Waals surface area (Å²) < 4.78 is 26.4. The van der Waals surface area contributed by atoms with Crippen LogP contribution < -0.4 is 16.4 Å². The van der Waals surface area contributed by atoms with Crippen LogP contribution in [0.4, 0.5) is 19.3 Å². The van der Waals surface area contributed by atoms with E-state index in [-0.39, 0.29) is 5.92 Å². The number of primary amides is 1. The first-order valence-corrected chi connectivity index (χ1v) is 8.09. The second kappa shape index (κ2) is 7.53. The first-order chi connectivity index (χ1) is 10.5. The highest BCUT2D eigenvalue weighted by Gasteiger charge is 2.32. The molecule has 3 amide bonds. The maximum atomic E-state index is 13.2. The van der Waals surface area contributed by atoms with Crippen molar-refractivity contribution in [2.75, 3.05) is 5.32 Å². The molecule has 1 fully saturated rings. The fourth-order valence-electron chi connectivity index (χ4n) is 2.73. The number of rotatable bonds is 5. The molecular formula is C14H19F2N3O2S. The van der Waals surface area contributed by atoms with Crippen LogP contribution >= 0.6 is 11.3 Å². The monoisotopic (exact) mass is 331 g/mol. The van der Waals surface area contributed by atoms with E-state index in [1.807, 2.05) is 0 Å². The Morgan fingerprint density at radius 1 is 1.27 bits per heavy atom. The molecule has 1 heterocycles. The number of urea groups is 1. The molecule has 0 bridgehead atoms. The highest BCUT2D eigenvalue weighted by Crippen LogP contribution is 2.29. The molecule has 2 rings (SSSR count). The fraction of sp³-hybridized carbons (Fsp3) is 0.571. The molecule has 1 saturated carbocycles. The molecule has 0 saturated heterocycles. The molecular weight excluding hydrogens is 312 g/mol. The minimum Gasteiger partial charge on any atom is -0.365 e. The predicted molar refractivity (Wildman–Crippen MR) is 81.4 cm³/mol. The van der Waals surface area contributed by atoms with Crippen molar-refractivity contribution in [1.29, 1.82) is 0 Å². The molecule has 0 aromatic carbocycles. The van der Waals surface area contributed by atoms with Crippen molar-refractivity contribution in [2.45, 2.75) is 44.6 Å². The van der Waals surface area contributed by atoms with Gasteiger partial charge in [-0.1, -0.05) is 19.3 Å². The maximum Gasteiger partial charge on any atom is 0.319 e. The molecule has 4 N–H and O–H groups in total. The molecule has 1 aliphatic carbocycles. The second-order valence-electron chi connectivity index (χ2n) is 5.42. The van der Waals surface area contributed by atoms with Gasteiger partial charge in [0, 0.05) is 5.38 Å². The Morgan fingerprint density at radius 2 is 1.95 bits per heavy atom. The van der Waals surface area contributed by atoms with E-state index in [4.69, 9.17) is 5.73 Å². The quantitative estimate of drug-likeness (QED) is 0.774. The minimum atomic E-state index is -2.60. The average Bonchev–Trinajstić information content (AvgIpc) is 2.94. The summed E-state index contributed by atoms with van der Waals surface area (Å²) in [7, 11) is 0. The fourth-order valence-corrected chi connectivity index (χ4v) is 3.42. The Balaban J connectivity index is 1.93. The Hall–Kier alpha value is -1.70. The molecule has 8 heteroatoms. The van der Waals surface area contributed by atoms with Crippen LogP contribution in [0.5, 0.6) is 0 Å². The van der Waals surface area contributed by atoms with Gasteiger partial charge in [0.05, 0.1) is 16.6 Å². The lowest BCUT2D eigenvalue weighted by Crippen LogP contribution is -2.47. The summed E-state index contributed by atoms with van der Waals surface area (Å²) in [5.74, 6) is -0.783. The van der Waals surface area contributed by atoms with Crippen molar-refractivity contribution in [3.8, 4) is 0 Å².